The first-order valence-corrected chi connectivity index (χ1v) is 17.3. The Bertz CT molecular complexity index is 1310. The molecule has 12 heteroatoms. The third-order valence-electron chi connectivity index (χ3n) is 9.13. The number of hydrogen-bond donors (Lipinski definition) is 4. The predicted octanol–water partition coefficient (Wildman–Crippen LogP) is 3.63. The summed E-state index contributed by atoms with van der Waals surface area (Å²) in [6, 6.07) is 5.75. The van der Waals surface area contributed by atoms with Gasteiger partial charge < -0.3 is 31.3 Å². The molecule has 5 amide bonds. The zero-order chi connectivity index (χ0) is 35.8. The summed E-state index contributed by atoms with van der Waals surface area (Å²) in [5, 5.41) is 7.93. The van der Waals surface area contributed by atoms with Crippen molar-refractivity contribution in [2.24, 2.45) is 34.8 Å². The van der Waals surface area contributed by atoms with E-state index in [9.17, 15) is 28.8 Å². The van der Waals surface area contributed by atoms with Gasteiger partial charge in [-0.2, -0.15) is 0 Å². The molecule has 1 aromatic rings. The lowest BCUT2D eigenvalue weighted by molar-refractivity contribution is -0.149. The monoisotopic (exact) mass is 669 g/mol. The van der Waals surface area contributed by atoms with Crippen LogP contribution in [0.25, 0.3) is 0 Å². The molecule has 1 saturated heterocycles. The number of nitrogens with two attached hydrogens (primary N) is 1. The molecular formula is C36H55N5O7. The number of carbonyl (C=O) groups excluding carboxylic acids is 6. The Labute approximate surface area is 284 Å². The van der Waals surface area contributed by atoms with E-state index in [4.69, 9.17) is 10.5 Å². The van der Waals surface area contributed by atoms with E-state index in [2.05, 4.69) is 29.8 Å². The number of amides is 5. The molecule has 1 heterocycles. The van der Waals surface area contributed by atoms with Gasteiger partial charge >= 0.3 is 12.0 Å². The second-order valence-electron chi connectivity index (χ2n) is 14.7. The first-order valence-electron chi connectivity index (χ1n) is 17.3. The number of nitrogens with one attached hydrogen (secondary N) is 3. The van der Waals surface area contributed by atoms with Crippen LogP contribution in [0.15, 0.2) is 30.3 Å². The number of benzene rings is 1. The van der Waals surface area contributed by atoms with Crippen LogP contribution in [-0.2, 0) is 28.7 Å². The number of primary amides is 1. The van der Waals surface area contributed by atoms with Crippen molar-refractivity contribution < 1.29 is 33.5 Å². The average Bonchev–Trinajstić information content (AvgIpc) is 3.96. The fourth-order valence-corrected chi connectivity index (χ4v) is 5.95. The maximum atomic E-state index is 14.0. The lowest BCUT2D eigenvalue weighted by atomic mass is 9.85. The topological polar surface area (TPSA) is 177 Å². The zero-order valence-electron chi connectivity index (χ0n) is 29.5. The van der Waals surface area contributed by atoms with Crippen molar-refractivity contribution in [3.63, 3.8) is 0 Å². The fourth-order valence-electron chi connectivity index (χ4n) is 5.95. The molecule has 0 aromatic heterocycles. The number of urea groups is 1. The third kappa shape index (κ3) is 10.8. The Hall–Kier alpha value is -3.96. The SMILES string of the molecule is CC1CN(C(=O)[C@@H](NC(=O)NCC(=O)OC(c2ccccc2)C2CC2)C(C)(C)C)[C@H](C(=O)NC(CC2CC2)C(=O)C(N)=O)[C@H]1C.CCC. The molecular weight excluding hydrogens is 614 g/mol. The number of ether oxygens (including phenoxy) is 1. The van der Waals surface area contributed by atoms with Gasteiger partial charge in [-0.15, -0.1) is 0 Å². The van der Waals surface area contributed by atoms with Gasteiger partial charge in [-0.1, -0.05) is 98.1 Å². The van der Waals surface area contributed by atoms with E-state index < -0.39 is 59.0 Å². The summed E-state index contributed by atoms with van der Waals surface area (Å²) >= 11 is 0. The van der Waals surface area contributed by atoms with Crippen LogP contribution in [0.4, 0.5) is 4.79 Å². The standard InChI is InChI=1S/C33H47N5O7.C3H8/c1-18-17-38(25(19(18)2)30(42)36-23(15-20-11-12-20)26(40)29(34)41)31(43)28(33(3,4)5)37-32(44)35-16-24(39)45-27(22-13-14-22)21-9-7-6-8-10-21;1-3-2/h6-10,18-20,22-23,25,27-28H,11-17H2,1-5H3,(H2,34,41)(H,36,42)(H2,35,37,44);3H2,1-2H3/t18?,19-,23?,25-,27?,28+;/m0./s1. The summed E-state index contributed by atoms with van der Waals surface area (Å²) in [6.07, 6.45) is 4.94. The second-order valence-corrected chi connectivity index (χ2v) is 14.7. The summed E-state index contributed by atoms with van der Waals surface area (Å²) in [7, 11) is 0. The maximum Gasteiger partial charge on any atom is 0.326 e. The number of nitrogens with zero attached hydrogens (tertiary/aromatic N) is 1. The van der Waals surface area contributed by atoms with E-state index in [0.29, 0.717) is 6.42 Å². The van der Waals surface area contributed by atoms with Gasteiger partial charge in [-0.3, -0.25) is 24.0 Å². The minimum Gasteiger partial charge on any atom is -0.456 e. The van der Waals surface area contributed by atoms with E-state index >= 15 is 0 Å². The van der Waals surface area contributed by atoms with Gasteiger partial charge in [-0.25, -0.2) is 4.79 Å². The highest BCUT2D eigenvalue weighted by atomic mass is 16.5. The molecule has 2 saturated carbocycles. The van der Waals surface area contributed by atoms with Crippen molar-refractivity contribution in [3.05, 3.63) is 35.9 Å². The summed E-state index contributed by atoms with van der Waals surface area (Å²) in [6.45, 7) is 13.3. The molecule has 12 nitrogen and oxygen atoms in total. The van der Waals surface area contributed by atoms with E-state index in [1.807, 2.05) is 44.2 Å². The van der Waals surface area contributed by atoms with E-state index in [1.165, 1.54) is 11.3 Å². The highest BCUT2D eigenvalue weighted by Crippen LogP contribution is 2.43. The first-order chi connectivity index (χ1) is 22.6. The van der Waals surface area contributed by atoms with E-state index in [-0.39, 0.29) is 42.9 Å². The number of ketones is 1. The van der Waals surface area contributed by atoms with E-state index in [1.54, 1.807) is 20.8 Å². The molecule has 4 rings (SSSR count). The van der Waals surface area contributed by atoms with Gasteiger partial charge in [0.25, 0.3) is 5.91 Å². The lowest BCUT2D eigenvalue weighted by Gasteiger charge is -2.36. The zero-order valence-corrected chi connectivity index (χ0v) is 29.5. The summed E-state index contributed by atoms with van der Waals surface area (Å²) in [5.74, 6) is -3.38. The van der Waals surface area contributed by atoms with Crippen molar-refractivity contribution in [3.8, 4) is 0 Å². The maximum absolute atomic E-state index is 14.0. The smallest absolute Gasteiger partial charge is 0.326 e. The molecule has 2 aliphatic carbocycles. The Kier molecular flexibility index (Phi) is 13.6. The quantitative estimate of drug-likeness (QED) is 0.183. The van der Waals surface area contributed by atoms with Crippen molar-refractivity contribution in [2.75, 3.05) is 13.1 Å². The minimum atomic E-state index is -1.11. The van der Waals surface area contributed by atoms with Crippen molar-refractivity contribution in [2.45, 2.75) is 111 Å². The lowest BCUT2D eigenvalue weighted by Crippen LogP contribution is -2.60. The molecule has 0 spiro atoms. The second kappa shape index (κ2) is 16.9. The molecule has 1 aromatic carbocycles. The van der Waals surface area contributed by atoms with Crippen LogP contribution in [0, 0.1) is 29.1 Å². The van der Waals surface area contributed by atoms with Gasteiger partial charge in [0.05, 0.1) is 6.04 Å². The molecule has 3 fully saturated rings. The predicted molar refractivity (Wildman–Crippen MR) is 181 cm³/mol. The summed E-state index contributed by atoms with van der Waals surface area (Å²) in [4.78, 5) is 78.9. The summed E-state index contributed by atoms with van der Waals surface area (Å²) in [5.41, 5.74) is 5.40. The number of esters is 1. The van der Waals surface area contributed by atoms with Crippen LogP contribution in [0.5, 0.6) is 0 Å². The number of Topliss-reactive ketones (excluding diaryl/α,β-unsaturated/α-hetero) is 1. The Morgan fingerprint density at radius 1 is 0.958 bits per heavy atom. The van der Waals surface area contributed by atoms with Crippen molar-refractivity contribution in [1.29, 1.82) is 0 Å². The highest BCUT2D eigenvalue weighted by molar-refractivity contribution is 6.37. The summed E-state index contributed by atoms with van der Waals surface area (Å²) < 4.78 is 5.71. The van der Waals surface area contributed by atoms with Gasteiger partial charge in [0.2, 0.25) is 17.6 Å². The molecule has 266 valence electrons. The molecule has 3 unspecified atom stereocenters. The van der Waals surface area contributed by atoms with Crippen LogP contribution in [0.2, 0.25) is 0 Å². The Morgan fingerprint density at radius 3 is 2.08 bits per heavy atom. The minimum absolute atomic E-state index is 0.0494. The number of rotatable bonds is 13. The highest BCUT2D eigenvalue weighted by Gasteiger charge is 2.48. The molecule has 3 aliphatic rings. The molecule has 48 heavy (non-hydrogen) atoms. The normalized spacial score (nSPS) is 22.2. The first kappa shape index (κ1) is 38.5. The Balaban J connectivity index is 0.00000201. The van der Waals surface area contributed by atoms with Gasteiger partial charge in [0.15, 0.2) is 0 Å². The molecule has 5 N–H and O–H groups in total. The van der Waals surface area contributed by atoms with Crippen LogP contribution >= 0.6 is 0 Å². The number of carbonyl (C=O) groups is 6. The van der Waals surface area contributed by atoms with Gasteiger partial charge in [0, 0.05) is 12.5 Å². The van der Waals surface area contributed by atoms with Crippen LogP contribution in [0.1, 0.15) is 98.7 Å². The molecule has 1 aliphatic heterocycles. The molecule has 0 radical (unpaired) electrons. The van der Waals surface area contributed by atoms with Gasteiger partial charge in [-0.05, 0) is 48.0 Å². The largest absolute Gasteiger partial charge is 0.456 e. The van der Waals surface area contributed by atoms with Gasteiger partial charge in [0.1, 0.15) is 24.7 Å². The number of hydrogen-bond acceptors (Lipinski definition) is 7. The Morgan fingerprint density at radius 2 is 1.56 bits per heavy atom. The van der Waals surface area contributed by atoms with Crippen LogP contribution < -0.4 is 21.7 Å². The number of likely N-dealkylation sites (tertiary alicyclic amines) is 1. The molecule has 6 atom stereocenters. The van der Waals surface area contributed by atoms with Crippen molar-refractivity contribution in [1.82, 2.24) is 20.9 Å². The van der Waals surface area contributed by atoms with Crippen LogP contribution in [0.3, 0.4) is 0 Å². The van der Waals surface area contributed by atoms with Crippen LogP contribution in [-0.4, -0.2) is 71.6 Å². The molecule has 0 bridgehead atoms. The average molecular weight is 670 g/mol. The van der Waals surface area contributed by atoms with E-state index in [0.717, 1.165) is 31.2 Å². The fraction of sp³-hybridized carbons (Fsp3) is 0.667. The van der Waals surface area contributed by atoms with Crippen molar-refractivity contribution >= 4 is 35.5 Å². The third-order valence-corrected chi connectivity index (χ3v) is 9.13.